The summed E-state index contributed by atoms with van der Waals surface area (Å²) in [7, 11) is 1.64. The molecule has 1 saturated heterocycles. The summed E-state index contributed by atoms with van der Waals surface area (Å²) in [6, 6.07) is -0.989. The molecule has 0 radical (unpaired) electrons. The van der Waals surface area contributed by atoms with Crippen molar-refractivity contribution in [2.75, 3.05) is 19.5 Å². The van der Waals surface area contributed by atoms with Gasteiger partial charge in [-0.15, -0.1) is 18.2 Å². The van der Waals surface area contributed by atoms with Crippen LogP contribution in [0, 0.1) is 13.8 Å². The van der Waals surface area contributed by atoms with Gasteiger partial charge in [-0.25, -0.2) is 13.9 Å². The Hall–Kier alpha value is -2.15. The summed E-state index contributed by atoms with van der Waals surface area (Å²) in [6.07, 6.45) is 1.54. The van der Waals surface area contributed by atoms with Crippen LogP contribution < -0.4 is 4.57 Å². The largest absolute Gasteiger partial charge is 0.402 e. The molecule has 0 spiro atoms. The van der Waals surface area contributed by atoms with E-state index < -0.39 is 6.04 Å². The average Bonchev–Trinajstić information content (AvgIpc) is 3.02. The molecular formula is C15H19ClN5O2+. The number of aliphatic imine (C=N–C) groups is 1. The molecule has 0 bridgehead atoms. The fourth-order valence-corrected chi connectivity index (χ4v) is 3.32. The highest BCUT2D eigenvalue weighted by atomic mass is 35.5. The quantitative estimate of drug-likeness (QED) is 0.472. The zero-order valence-corrected chi connectivity index (χ0v) is 14.2. The lowest BCUT2D eigenvalue weighted by molar-refractivity contribution is -0.684. The second-order valence-corrected chi connectivity index (χ2v) is 6.01. The number of nitrogens with zero attached hydrogens (tertiary/aromatic N) is 5. The Morgan fingerprint density at radius 3 is 2.70 bits per heavy atom. The van der Waals surface area contributed by atoms with Crippen LogP contribution in [0.2, 0.25) is 0 Å². The topological polar surface area (TPSA) is 61.8 Å². The van der Waals surface area contributed by atoms with Crippen LogP contribution in [0.5, 0.6) is 0 Å². The van der Waals surface area contributed by atoms with E-state index in [4.69, 9.17) is 11.6 Å². The molecule has 23 heavy (non-hydrogen) atoms. The Morgan fingerprint density at radius 2 is 2.09 bits per heavy atom. The molecule has 8 heteroatoms. The zero-order chi connectivity index (χ0) is 16.9. The van der Waals surface area contributed by atoms with E-state index in [1.54, 1.807) is 13.1 Å². The number of amidine groups is 1. The van der Waals surface area contributed by atoms with Gasteiger partial charge in [0.2, 0.25) is 11.9 Å². The molecule has 0 saturated carbocycles. The number of amides is 3. The lowest BCUT2D eigenvalue weighted by atomic mass is 10.1. The number of aromatic nitrogens is 2. The SMILES string of the molecule is C=CCN1C(=O)C2C(=Nc3n2c(C)c(C)[n+]3CCCl)N(C)C1=O. The summed E-state index contributed by atoms with van der Waals surface area (Å²) in [4.78, 5) is 32.4. The molecule has 1 fully saturated rings. The molecular weight excluding hydrogens is 318 g/mol. The van der Waals surface area contributed by atoms with Gasteiger partial charge in [0, 0.05) is 13.6 Å². The Bertz CT molecular complexity index is 752. The van der Waals surface area contributed by atoms with Crippen LogP contribution >= 0.6 is 11.6 Å². The molecule has 0 aromatic carbocycles. The van der Waals surface area contributed by atoms with Gasteiger partial charge in [-0.2, -0.15) is 0 Å². The van der Waals surface area contributed by atoms with E-state index in [0.717, 1.165) is 11.4 Å². The van der Waals surface area contributed by atoms with Crippen LogP contribution in [-0.2, 0) is 11.3 Å². The van der Waals surface area contributed by atoms with E-state index in [0.29, 0.717) is 24.2 Å². The van der Waals surface area contributed by atoms with Crippen LogP contribution in [0.1, 0.15) is 17.4 Å². The summed E-state index contributed by atoms with van der Waals surface area (Å²) in [5.74, 6) is 1.29. The van der Waals surface area contributed by atoms with Gasteiger partial charge in [-0.05, 0) is 13.8 Å². The third-order valence-corrected chi connectivity index (χ3v) is 4.61. The fraction of sp³-hybridized carbons (Fsp3) is 0.467. The highest BCUT2D eigenvalue weighted by molar-refractivity contribution is 6.20. The fourth-order valence-electron chi connectivity index (χ4n) is 3.15. The third-order valence-electron chi connectivity index (χ3n) is 4.45. The number of fused-ring (bicyclic) bond motifs is 3. The molecule has 2 aliphatic rings. The number of alkyl halides is 1. The molecule has 1 aromatic rings. The molecule has 3 heterocycles. The van der Waals surface area contributed by atoms with Crippen LogP contribution in [-0.4, -0.2) is 51.6 Å². The first kappa shape index (κ1) is 15.7. The second kappa shape index (κ2) is 5.49. The summed E-state index contributed by atoms with van der Waals surface area (Å²) in [5, 5.41) is 0. The van der Waals surface area contributed by atoms with Crippen molar-refractivity contribution in [3.05, 3.63) is 24.0 Å². The Labute approximate surface area is 139 Å². The van der Waals surface area contributed by atoms with E-state index in [1.165, 1.54) is 9.80 Å². The number of hydrogen-bond acceptors (Lipinski definition) is 3. The Kier molecular flexibility index (Phi) is 3.75. The first-order chi connectivity index (χ1) is 10.9. The van der Waals surface area contributed by atoms with Crippen LogP contribution in [0.15, 0.2) is 17.6 Å². The number of carbonyl (C=O) groups is 2. The first-order valence-electron chi connectivity index (χ1n) is 7.39. The zero-order valence-electron chi connectivity index (χ0n) is 13.4. The standard InChI is InChI=1S/C15H19ClN5O2/c1-5-7-20-13(22)11-12(18(4)15(20)23)17-14-19(8-6-16)9(2)10(3)21(11)14/h5,11H,1,6-8H2,2-4H3/q+1. The number of urea groups is 1. The lowest BCUT2D eigenvalue weighted by Gasteiger charge is -2.32. The van der Waals surface area contributed by atoms with E-state index in [1.807, 2.05) is 23.0 Å². The van der Waals surface area contributed by atoms with Gasteiger partial charge in [0.25, 0.3) is 5.91 Å². The van der Waals surface area contributed by atoms with Crippen LogP contribution in [0.25, 0.3) is 0 Å². The molecule has 0 N–H and O–H groups in total. The summed E-state index contributed by atoms with van der Waals surface area (Å²) in [6.45, 7) is 8.33. The van der Waals surface area contributed by atoms with Gasteiger partial charge in [0.05, 0.1) is 12.4 Å². The average molecular weight is 337 g/mol. The number of imide groups is 1. The normalized spacial score (nSPS) is 19.8. The first-order valence-corrected chi connectivity index (χ1v) is 7.93. The van der Waals surface area contributed by atoms with Crippen molar-refractivity contribution >= 4 is 35.3 Å². The molecule has 7 nitrogen and oxygen atoms in total. The number of hydrogen-bond donors (Lipinski definition) is 0. The van der Waals surface area contributed by atoms with Gasteiger partial charge in [-0.1, -0.05) is 11.1 Å². The van der Waals surface area contributed by atoms with E-state index in [2.05, 4.69) is 11.6 Å². The highest BCUT2D eigenvalue weighted by Crippen LogP contribution is 2.35. The smallest absolute Gasteiger partial charge is 0.270 e. The van der Waals surface area contributed by atoms with Gasteiger partial charge < -0.3 is 0 Å². The van der Waals surface area contributed by atoms with Crippen molar-refractivity contribution in [3.63, 3.8) is 0 Å². The van der Waals surface area contributed by atoms with Gasteiger partial charge in [0.1, 0.15) is 11.4 Å². The van der Waals surface area contributed by atoms with Crippen LogP contribution in [0.3, 0.4) is 0 Å². The number of likely N-dealkylation sites (N-methyl/N-ethyl adjacent to an activating group) is 1. The minimum absolute atomic E-state index is 0.183. The minimum atomic E-state index is -0.608. The van der Waals surface area contributed by atoms with Crippen molar-refractivity contribution in [2.45, 2.75) is 26.4 Å². The minimum Gasteiger partial charge on any atom is -0.270 e. The summed E-state index contributed by atoms with van der Waals surface area (Å²) >= 11 is 5.89. The number of halogens is 1. The summed E-state index contributed by atoms with van der Waals surface area (Å²) in [5.41, 5.74) is 1.97. The molecule has 1 aromatic heterocycles. The van der Waals surface area contributed by atoms with Gasteiger partial charge >= 0.3 is 12.0 Å². The summed E-state index contributed by atoms with van der Waals surface area (Å²) < 4.78 is 3.87. The Balaban J connectivity index is 2.16. The van der Waals surface area contributed by atoms with E-state index >= 15 is 0 Å². The highest BCUT2D eigenvalue weighted by Gasteiger charge is 2.53. The van der Waals surface area contributed by atoms with E-state index in [9.17, 15) is 9.59 Å². The molecule has 122 valence electrons. The van der Waals surface area contributed by atoms with Gasteiger partial charge in [0.15, 0.2) is 0 Å². The van der Waals surface area contributed by atoms with E-state index in [-0.39, 0.29) is 18.5 Å². The van der Waals surface area contributed by atoms with Gasteiger partial charge in [-0.3, -0.25) is 14.6 Å². The Morgan fingerprint density at radius 1 is 1.39 bits per heavy atom. The van der Waals surface area contributed by atoms with Crippen molar-refractivity contribution in [1.82, 2.24) is 14.4 Å². The molecule has 0 aliphatic carbocycles. The van der Waals surface area contributed by atoms with Crippen molar-refractivity contribution in [1.29, 1.82) is 0 Å². The van der Waals surface area contributed by atoms with Crippen LogP contribution in [0.4, 0.5) is 10.7 Å². The maximum absolute atomic E-state index is 12.8. The lowest BCUT2D eigenvalue weighted by Crippen LogP contribution is -2.57. The van der Waals surface area contributed by atoms with Crippen molar-refractivity contribution in [3.8, 4) is 0 Å². The predicted molar refractivity (Wildman–Crippen MR) is 86.0 cm³/mol. The van der Waals surface area contributed by atoms with Crippen molar-refractivity contribution < 1.29 is 14.2 Å². The number of rotatable bonds is 4. The number of imidazole rings is 1. The molecule has 1 atom stereocenters. The molecule has 3 amide bonds. The number of carbonyl (C=O) groups excluding carboxylic acids is 2. The molecule has 3 rings (SSSR count). The monoisotopic (exact) mass is 336 g/mol. The maximum atomic E-state index is 12.8. The predicted octanol–water partition coefficient (Wildman–Crippen LogP) is 1.30. The molecule has 2 aliphatic heterocycles. The third kappa shape index (κ3) is 2.03. The molecule has 1 unspecified atom stereocenters. The maximum Gasteiger partial charge on any atom is 0.402 e. The van der Waals surface area contributed by atoms with Crippen molar-refractivity contribution in [2.24, 2.45) is 4.99 Å². The second-order valence-electron chi connectivity index (χ2n) is 5.63.